The van der Waals surface area contributed by atoms with Crippen LogP contribution in [0, 0.1) is 10.1 Å². The number of carbonyl (C=O) groups is 1. The minimum atomic E-state index is -0.411. The second-order valence-corrected chi connectivity index (χ2v) is 7.79. The highest BCUT2D eigenvalue weighted by Crippen LogP contribution is 2.38. The summed E-state index contributed by atoms with van der Waals surface area (Å²) in [6.07, 6.45) is 8.89. The largest absolute Gasteiger partial charge is 0.346 e. The number of nitrogens with zero attached hydrogens (tertiary/aromatic N) is 3. The number of carbonyl (C=O) groups excluding carboxylic acids is 1. The normalized spacial score (nSPS) is 15.8. The van der Waals surface area contributed by atoms with Gasteiger partial charge in [0.25, 0.3) is 5.69 Å². The van der Waals surface area contributed by atoms with Crippen molar-refractivity contribution in [2.75, 3.05) is 6.61 Å². The molecule has 0 spiro atoms. The van der Waals surface area contributed by atoms with Crippen LogP contribution in [0.4, 0.5) is 10.5 Å². The summed E-state index contributed by atoms with van der Waals surface area (Å²) in [7, 11) is 0. The molecule has 2 heterocycles. The first kappa shape index (κ1) is 21.0. The van der Waals surface area contributed by atoms with Crippen LogP contribution in [0.15, 0.2) is 71.0 Å². The summed E-state index contributed by atoms with van der Waals surface area (Å²) < 4.78 is 0.655. The van der Waals surface area contributed by atoms with Crippen molar-refractivity contribution in [2.45, 2.75) is 11.8 Å². The van der Waals surface area contributed by atoms with Crippen molar-refractivity contribution < 1.29 is 14.6 Å². The molecule has 1 aliphatic heterocycles. The summed E-state index contributed by atoms with van der Waals surface area (Å²) in [5, 5.41) is 12.8. The Morgan fingerprint density at radius 1 is 1.34 bits per heavy atom. The van der Waals surface area contributed by atoms with E-state index in [0.29, 0.717) is 16.5 Å². The van der Waals surface area contributed by atoms with Gasteiger partial charge in [-0.25, -0.2) is 10.3 Å². The quantitative estimate of drug-likeness (QED) is 0.269. The number of hydrogen-bond donors (Lipinski definition) is 1. The molecule has 29 heavy (non-hydrogen) atoms. The van der Waals surface area contributed by atoms with Crippen LogP contribution in [0.25, 0.3) is 0 Å². The number of amides is 2. The fourth-order valence-corrected chi connectivity index (χ4v) is 3.93. The number of nitrogens with one attached hydrogen (secondary N) is 1. The number of nitro groups is 1. The zero-order chi connectivity index (χ0) is 20.6. The van der Waals surface area contributed by atoms with E-state index in [9.17, 15) is 14.9 Å². The highest BCUT2D eigenvalue weighted by Gasteiger charge is 2.27. The maximum atomic E-state index is 12.3. The predicted molar refractivity (Wildman–Crippen MR) is 114 cm³/mol. The SMILES string of the molecule is O=C(NOCC=CCc1ccc(Br)cc1[N+](=O)[O-])N1C=CSC1c1ccncc1. The number of allylic oxidation sites excluding steroid dienone is 1. The fourth-order valence-electron chi connectivity index (χ4n) is 2.62. The topological polar surface area (TPSA) is 97.6 Å². The van der Waals surface area contributed by atoms with Crippen molar-refractivity contribution in [3.8, 4) is 0 Å². The van der Waals surface area contributed by atoms with E-state index < -0.39 is 4.92 Å². The van der Waals surface area contributed by atoms with Gasteiger partial charge in [0.2, 0.25) is 0 Å². The molecule has 0 aliphatic carbocycles. The number of aromatic nitrogens is 1. The van der Waals surface area contributed by atoms with Crippen LogP contribution < -0.4 is 5.48 Å². The lowest BCUT2D eigenvalue weighted by Crippen LogP contribution is -2.36. The second kappa shape index (κ2) is 10.2. The summed E-state index contributed by atoms with van der Waals surface area (Å²) in [4.78, 5) is 33.8. The smallest absolute Gasteiger partial charge is 0.282 e. The van der Waals surface area contributed by atoms with Crippen molar-refractivity contribution in [3.63, 3.8) is 0 Å². The van der Waals surface area contributed by atoms with Crippen LogP contribution in [0.5, 0.6) is 0 Å². The number of urea groups is 1. The molecule has 1 aromatic carbocycles. The van der Waals surface area contributed by atoms with E-state index >= 15 is 0 Å². The molecule has 3 rings (SSSR count). The van der Waals surface area contributed by atoms with Gasteiger partial charge in [0.1, 0.15) is 5.37 Å². The van der Waals surface area contributed by atoms with Crippen LogP contribution in [-0.2, 0) is 11.3 Å². The molecule has 0 radical (unpaired) electrons. The van der Waals surface area contributed by atoms with Crippen LogP contribution in [-0.4, -0.2) is 27.4 Å². The number of hydrogen-bond acceptors (Lipinski definition) is 6. The van der Waals surface area contributed by atoms with Gasteiger partial charge in [-0.05, 0) is 35.6 Å². The lowest BCUT2D eigenvalue weighted by atomic mass is 10.1. The van der Waals surface area contributed by atoms with E-state index in [2.05, 4.69) is 26.4 Å². The molecule has 0 fully saturated rings. The number of pyridine rings is 1. The zero-order valence-corrected chi connectivity index (χ0v) is 17.5. The third kappa shape index (κ3) is 5.66. The number of rotatable bonds is 7. The van der Waals surface area contributed by atoms with Crippen molar-refractivity contribution in [2.24, 2.45) is 0 Å². The molecule has 2 amide bonds. The van der Waals surface area contributed by atoms with Crippen molar-refractivity contribution in [3.05, 3.63) is 92.2 Å². The molecule has 1 aromatic heterocycles. The number of thioether (sulfide) groups is 1. The third-order valence-electron chi connectivity index (χ3n) is 3.99. The molecule has 2 aromatic rings. The molecule has 0 bridgehead atoms. The maximum absolute atomic E-state index is 12.3. The van der Waals surface area contributed by atoms with E-state index in [1.807, 2.05) is 17.5 Å². The van der Waals surface area contributed by atoms with Crippen LogP contribution in [0.1, 0.15) is 16.5 Å². The summed E-state index contributed by atoms with van der Waals surface area (Å²) in [5.74, 6) is 0. The summed E-state index contributed by atoms with van der Waals surface area (Å²) in [6.45, 7) is 0.140. The highest BCUT2D eigenvalue weighted by atomic mass is 79.9. The molecule has 1 N–H and O–H groups in total. The van der Waals surface area contributed by atoms with Crippen LogP contribution >= 0.6 is 27.7 Å². The average molecular weight is 477 g/mol. The monoisotopic (exact) mass is 476 g/mol. The lowest BCUT2D eigenvalue weighted by molar-refractivity contribution is -0.385. The molecule has 1 atom stereocenters. The van der Waals surface area contributed by atoms with Crippen LogP contribution in [0.2, 0.25) is 0 Å². The Labute approximate surface area is 179 Å². The lowest BCUT2D eigenvalue weighted by Gasteiger charge is -2.22. The van der Waals surface area contributed by atoms with E-state index in [1.54, 1.807) is 42.9 Å². The molecule has 8 nitrogen and oxygen atoms in total. The molecule has 0 saturated heterocycles. The van der Waals surface area contributed by atoms with Gasteiger partial charge in [0.05, 0.1) is 11.5 Å². The van der Waals surface area contributed by atoms with E-state index in [4.69, 9.17) is 4.84 Å². The third-order valence-corrected chi connectivity index (χ3v) is 5.52. The van der Waals surface area contributed by atoms with Crippen LogP contribution in [0.3, 0.4) is 0 Å². The maximum Gasteiger partial charge on any atom is 0.346 e. The van der Waals surface area contributed by atoms with E-state index in [0.717, 1.165) is 5.56 Å². The fraction of sp³-hybridized carbons (Fsp3) is 0.158. The van der Waals surface area contributed by atoms with E-state index in [1.165, 1.54) is 22.7 Å². The highest BCUT2D eigenvalue weighted by molar-refractivity contribution is 9.10. The van der Waals surface area contributed by atoms with Crippen molar-refractivity contribution in [1.29, 1.82) is 0 Å². The minimum absolute atomic E-state index is 0.0544. The number of benzene rings is 1. The Morgan fingerprint density at radius 2 is 2.14 bits per heavy atom. The van der Waals surface area contributed by atoms with Gasteiger partial charge in [-0.3, -0.25) is 24.8 Å². The van der Waals surface area contributed by atoms with Gasteiger partial charge in [-0.15, -0.1) is 11.8 Å². The standard InChI is InChI=1S/C19H17BrN4O4S/c20-16-5-4-14(17(13-16)24(26)27)3-1-2-11-28-22-19(25)23-10-12-29-18(23)15-6-8-21-9-7-15/h1-2,4-10,12-13,18H,3,11H2,(H,22,25). The molecular weight excluding hydrogens is 460 g/mol. The molecule has 1 unspecified atom stereocenters. The second-order valence-electron chi connectivity index (χ2n) is 5.89. The number of halogens is 1. The molecule has 150 valence electrons. The first-order valence-corrected chi connectivity index (χ1v) is 10.3. The van der Waals surface area contributed by atoms with E-state index in [-0.39, 0.29) is 23.7 Å². The molecular formula is C19H17BrN4O4S. The number of hydroxylamine groups is 1. The van der Waals surface area contributed by atoms with Gasteiger partial charge in [0, 0.05) is 34.7 Å². The van der Waals surface area contributed by atoms with Crippen molar-refractivity contribution >= 4 is 39.4 Å². The Bertz CT molecular complexity index is 939. The minimum Gasteiger partial charge on any atom is -0.282 e. The molecule has 0 saturated carbocycles. The summed E-state index contributed by atoms with van der Waals surface area (Å²) in [6, 6.07) is 8.26. The summed E-state index contributed by atoms with van der Waals surface area (Å²) in [5.41, 5.74) is 4.01. The van der Waals surface area contributed by atoms with Gasteiger partial charge in [-0.2, -0.15) is 0 Å². The van der Waals surface area contributed by atoms with Gasteiger partial charge >= 0.3 is 6.03 Å². The van der Waals surface area contributed by atoms with Gasteiger partial charge < -0.3 is 0 Å². The Hall–Kier alpha value is -2.69. The van der Waals surface area contributed by atoms with Crippen molar-refractivity contribution in [1.82, 2.24) is 15.4 Å². The van der Waals surface area contributed by atoms with Gasteiger partial charge in [0.15, 0.2) is 0 Å². The molecule has 10 heteroatoms. The Balaban J connectivity index is 1.46. The number of nitro benzene ring substituents is 1. The van der Waals surface area contributed by atoms with Gasteiger partial charge in [-0.1, -0.05) is 34.1 Å². The Kier molecular flexibility index (Phi) is 7.39. The Morgan fingerprint density at radius 3 is 2.90 bits per heavy atom. The average Bonchev–Trinajstić information content (AvgIpc) is 3.22. The predicted octanol–water partition coefficient (Wildman–Crippen LogP) is 4.71. The summed E-state index contributed by atoms with van der Waals surface area (Å²) >= 11 is 4.74. The first-order chi connectivity index (χ1) is 14.1. The molecule has 1 aliphatic rings. The first-order valence-electron chi connectivity index (χ1n) is 8.56. The zero-order valence-electron chi connectivity index (χ0n) is 15.1.